The molecular weight excluding hydrogens is 438 g/mol. The standard InChI is InChI=1S/C25H25N3O4S/c1-5-16-9-8-11-21-22(16)27-25(33-21)28(15-18-10-6-7-12-26-18)24(29)17-13-19(30-2)23(32-4)20(14-17)31-3/h6-14H,5,15H2,1-4H3. The summed E-state index contributed by atoms with van der Waals surface area (Å²) in [5.74, 6) is 1.02. The second-order valence-corrected chi connectivity index (χ2v) is 8.25. The van der Waals surface area contributed by atoms with Crippen molar-refractivity contribution in [2.24, 2.45) is 0 Å². The smallest absolute Gasteiger partial charge is 0.260 e. The Labute approximate surface area is 196 Å². The molecule has 7 nitrogen and oxygen atoms in total. The van der Waals surface area contributed by atoms with E-state index in [9.17, 15) is 4.79 Å². The number of amides is 1. The number of nitrogens with zero attached hydrogens (tertiary/aromatic N) is 3. The number of aryl methyl sites for hydroxylation is 1. The third-order valence-electron chi connectivity index (χ3n) is 5.31. The Kier molecular flexibility index (Phi) is 6.74. The summed E-state index contributed by atoms with van der Waals surface area (Å²) in [6, 6.07) is 15.1. The van der Waals surface area contributed by atoms with Gasteiger partial charge in [0.1, 0.15) is 0 Å². The zero-order chi connectivity index (χ0) is 23.4. The minimum atomic E-state index is -0.239. The number of fused-ring (bicyclic) bond motifs is 1. The summed E-state index contributed by atoms with van der Waals surface area (Å²) in [4.78, 5) is 24.7. The predicted molar refractivity (Wildman–Crippen MR) is 130 cm³/mol. The second kappa shape index (κ2) is 9.87. The van der Waals surface area contributed by atoms with Crippen LogP contribution in [0.2, 0.25) is 0 Å². The Bertz CT molecular complexity index is 1250. The van der Waals surface area contributed by atoms with E-state index in [4.69, 9.17) is 19.2 Å². The summed E-state index contributed by atoms with van der Waals surface area (Å²) in [6.07, 6.45) is 2.58. The molecule has 0 atom stereocenters. The highest BCUT2D eigenvalue weighted by Gasteiger charge is 2.25. The highest BCUT2D eigenvalue weighted by atomic mass is 32.1. The Morgan fingerprint density at radius 3 is 2.36 bits per heavy atom. The molecule has 4 rings (SSSR count). The Morgan fingerprint density at radius 1 is 1.00 bits per heavy atom. The van der Waals surface area contributed by atoms with Gasteiger partial charge in [-0.3, -0.25) is 14.7 Å². The molecule has 2 aromatic heterocycles. The van der Waals surface area contributed by atoms with Gasteiger partial charge in [0.15, 0.2) is 16.6 Å². The zero-order valence-corrected chi connectivity index (χ0v) is 19.8. The zero-order valence-electron chi connectivity index (χ0n) is 19.0. The van der Waals surface area contributed by atoms with Gasteiger partial charge in [-0.2, -0.15) is 0 Å². The third-order valence-corrected chi connectivity index (χ3v) is 6.35. The fourth-order valence-corrected chi connectivity index (χ4v) is 4.65. The molecule has 0 unspecified atom stereocenters. The molecule has 0 saturated heterocycles. The summed E-state index contributed by atoms with van der Waals surface area (Å²) in [6.45, 7) is 2.37. The lowest BCUT2D eigenvalue weighted by atomic mass is 10.1. The largest absolute Gasteiger partial charge is 0.493 e. The fourth-order valence-electron chi connectivity index (χ4n) is 3.63. The number of benzene rings is 2. The molecule has 8 heteroatoms. The molecule has 1 amide bonds. The molecule has 0 aliphatic carbocycles. The Hall–Kier alpha value is -3.65. The molecule has 0 radical (unpaired) electrons. The van der Waals surface area contributed by atoms with Crippen LogP contribution in [0, 0.1) is 0 Å². The summed E-state index contributed by atoms with van der Waals surface area (Å²) in [5.41, 5.74) is 3.22. The molecule has 2 heterocycles. The van der Waals surface area contributed by atoms with E-state index in [2.05, 4.69) is 18.0 Å². The summed E-state index contributed by atoms with van der Waals surface area (Å²) in [7, 11) is 4.58. The van der Waals surface area contributed by atoms with Crippen molar-refractivity contribution in [3.63, 3.8) is 0 Å². The number of anilines is 1. The van der Waals surface area contributed by atoms with Crippen LogP contribution in [-0.2, 0) is 13.0 Å². The molecule has 0 spiro atoms. The first kappa shape index (κ1) is 22.5. The van der Waals surface area contributed by atoms with Gasteiger partial charge in [0.05, 0.1) is 43.8 Å². The molecule has 0 aliphatic rings. The van der Waals surface area contributed by atoms with Crippen LogP contribution in [0.1, 0.15) is 28.5 Å². The number of para-hydroxylation sites is 1. The lowest BCUT2D eigenvalue weighted by Gasteiger charge is -2.21. The first-order chi connectivity index (χ1) is 16.1. The molecule has 0 saturated carbocycles. The van der Waals surface area contributed by atoms with Crippen LogP contribution >= 0.6 is 11.3 Å². The first-order valence-corrected chi connectivity index (χ1v) is 11.3. The minimum Gasteiger partial charge on any atom is -0.493 e. The number of aromatic nitrogens is 2. The topological polar surface area (TPSA) is 73.8 Å². The van der Waals surface area contributed by atoms with Crippen molar-refractivity contribution >= 4 is 32.6 Å². The maximum absolute atomic E-state index is 13.8. The van der Waals surface area contributed by atoms with Crippen LogP contribution in [-0.4, -0.2) is 37.2 Å². The lowest BCUT2D eigenvalue weighted by molar-refractivity contribution is 0.0984. The number of carbonyl (C=O) groups excluding carboxylic acids is 1. The maximum atomic E-state index is 13.8. The van der Waals surface area contributed by atoms with Gasteiger partial charge < -0.3 is 14.2 Å². The van der Waals surface area contributed by atoms with E-state index in [0.29, 0.717) is 27.9 Å². The third kappa shape index (κ3) is 4.47. The van der Waals surface area contributed by atoms with Gasteiger partial charge in [0.2, 0.25) is 5.75 Å². The van der Waals surface area contributed by atoms with Crippen molar-refractivity contribution in [2.75, 3.05) is 26.2 Å². The maximum Gasteiger partial charge on any atom is 0.260 e. The molecule has 170 valence electrons. The van der Waals surface area contributed by atoms with Crippen molar-refractivity contribution < 1.29 is 19.0 Å². The average Bonchev–Trinajstić information content (AvgIpc) is 3.30. The molecule has 2 aromatic carbocycles. The summed E-state index contributed by atoms with van der Waals surface area (Å²) in [5, 5.41) is 0.607. The van der Waals surface area contributed by atoms with Crippen molar-refractivity contribution in [2.45, 2.75) is 19.9 Å². The first-order valence-electron chi connectivity index (χ1n) is 10.5. The second-order valence-electron chi connectivity index (χ2n) is 7.24. The Balaban J connectivity index is 1.83. The lowest BCUT2D eigenvalue weighted by Crippen LogP contribution is -2.30. The van der Waals surface area contributed by atoms with E-state index in [1.54, 1.807) is 23.2 Å². The normalized spacial score (nSPS) is 10.8. The average molecular weight is 464 g/mol. The monoisotopic (exact) mass is 463 g/mol. The van der Waals surface area contributed by atoms with Crippen molar-refractivity contribution in [1.82, 2.24) is 9.97 Å². The molecule has 4 aromatic rings. The van der Waals surface area contributed by atoms with E-state index >= 15 is 0 Å². The molecule has 0 fully saturated rings. The number of hydrogen-bond acceptors (Lipinski definition) is 7. The van der Waals surface area contributed by atoms with Gasteiger partial charge in [-0.1, -0.05) is 36.5 Å². The van der Waals surface area contributed by atoms with Crippen molar-refractivity contribution in [1.29, 1.82) is 0 Å². The van der Waals surface area contributed by atoms with Gasteiger partial charge >= 0.3 is 0 Å². The minimum absolute atomic E-state index is 0.239. The summed E-state index contributed by atoms with van der Waals surface area (Å²) < 4.78 is 17.3. The highest BCUT2D eigenvalue weighted by molar-refractivity contribution is 7.22. The number of thiazole rings is 1. The van der Waals surface area contributed by atoms with E-state index in [-0.39, 0.29) is 12.5 Å². The van der Waals surface area contributed by atoms with Gasteiger partial charge in [0, 0.05) is 11.8 Å². The van der Waals surface area contributed by atoms with E-state index in [0.717, 1.165) is 27.9 Å². The fraction of sp³-hybridized carbons (Fsp3) is 0.240. The highest BCUT2D eigenvalue weighted by Crippen LogP contribution is 2.39. The molecule has 33 heavy (non-hydrogen) atoms. The Morgan fingerprint density at radius 2 is 1.76 bits per heavy atom. The van der Waals surface area contributed by atoms with Gasteiger partial charge in [-0.05, 0) is 42.3 Å². The molecule has 0 aliphatic heterocycles. The van der Waals surface area contributed by atoms with Crippen LogP contribution in [0.25, 0.3) is 10.2 Å². The SMILES string of the molecule is CCc1cccc2sc(N(Cc3ccccn3)C(=O)c3cc(OC)c(OC)c(OC)c3)nc12. The van der Waals surface area contributed by atoms with Crippen LogP contribution in [0.15, 0.2) is 54.7 Å². The van der Waals surface area contributed by atoms with E-state index in [1.807, 2.05) is 30.3 Å². The van der Waals surface area contributed by atoms with Crippen LogP contribution in [0.4, 0.5) is 5.13 Å². The van der Waals surface area contributed by atoms with E-state index < -0.39 is 0 Å². The molecule has 0 bridgehead atoms. The van der Waals surface area contributed by atoms with Crippen molar-refractivity contribution in [3.05, 3.63) is 71.5 Å². The number of pyridine rings is 1. The molecular formula is C25H25N3O4S. The van der Waals surface area contributed by atoms with Crippen LogP contribution in [0.3, 0.4) is 0 Å². The number of hydrogen-bond donors (Lipinski definition) is 0. The number of carbonyl (C=O) groups is 1. The van der Waals surface area contributed by atoms with Gasteiger partial charge in [0.25, 0.3) is 5.91 Å². The van der Waals surface area contributed by atoms with Crippen LogP contribution < -0.4 is 19.1 Å². The molecule has 0 N–H and O–H groups in total. The van der Waals surface area contributed by atoms with E-state index in [1.165, 1.54) is 32.7 Å². The van der Waals surface area contributed by atoms with Crippen LogP contribution in [0.5, 0.6) is 17.2 Å². The quantitative estimate of drug-likeness (QED) is 0.361. The predicted octanol–water partition coefficient (Wildman–Crippen LogP) is 5.13. The number of methoxy groups -OCH3 is 3. The van der Waals surface area contributed by atoms with Crippen molar-refractivity contribution in [3.8, 4) is 17.2 Å². The summed E-state index contributed by atoms with van der Waals surface area (Å²) >= 11 is 1.48. The van der Waals surface area contributed by atoms with Gasteiger partial charge in [-0.15, -0.1) is 0 Å². The number of ether oxygens (including phenoxy) is 3. The number of rotatable bonds is 8. The van der Waals surface area contributed by atoms with Gasteiger partial charge in [-0.25, -0.2) is 4.98 Å².